The van der Waals surface area contributed by atoms with Crippen LogP contribution in [0.2, 0.25) is 0 Å². The van der Waals surface area contributed by atoms with Crippen molar-refractivity contribution in [2.24, 2.45) is 0 Å². The second kappa shape index (κ2) is 4.23. The third-order valence-electron chi connectivity index (χ3n) is 1.63. The van der Waals surface area contributed by atoms with Crippen LogP contribution >= 0.6 is 11.3 Å². The van der Waals surface area contributed by atoms with Crippen molar-refractivity contribution in [3.63, 3.8) is 0 Å². The molecule has 0 aromatic carbocycles. The second-order valence-corrected chi connectivity index (χ2v) is 3.49. The molecule has 0 saturated heterocycles. The highest BCUT2D eigenvalue weighted by Gasteiger charge is 2.20. The van der Waals surface area contributed by atoms with Gasteiger partial charge in [-0.2, -0.15) is 0 Å². The lowest BCUT2D eigenvalue weighted by Crippen LogP contribution is -2.23. The molecule has 5 heteroatoms. The molecule has 1 aromatic rings. The molecule has 0 unspecified atom stereocenters. The summed E-state index contributed by atoms with van der Waals surface area (Å²) in [5.41, 5.74) is 0.544. The second-order valence-electron chi connectivity index (χ2n) is 2.82. The van der Waals surface area contributed by atoms with E-state index < -0.39 is 5.97 Å². The van der Waals surface area contributed by atoms with E-state index >= 15 is 0 Å². The Hall–Kier alpha value is -1.36. The number of rotatable bonds is 2. The monoisotopic (exact) mass is 212 g/mol. The van der Waals surface area contributed by atoms with Gasteiger partial charge in [-0.3, -0.25) is 4.79 Å². The molecule has 0 spiro atoms. The van der Waals surface area contributed by atoms with Crippen molar-refractivity contribution >= 4 is 23.2 Å². The van der Waals surface area contributed by atoms with Crippen molar-refractivity contribution in [1.82, 2.24) is 4.90 Å². The van der Waals surface area contributed by atoms with Gasteiger partial charge in [0.1, 0.15) is 0 Å². The molecule has 14 heavy (non-hydrogen) atoms. The van der Waals surface area contributed by atoms with Gasteiger partial charge < -0.3 is 9.64 Å². The zero-order valence-corrected chi connectivity index (χ0v) is 8.97. The maximum Gasteiger partial charge on any atom is 0.340 e. The summed E-state index contributed by atoms with van der Waals surface area (Å²) in [4.78, 5) is 24.2. The van der Waals surface area contributed by atoms with E-state index in [2.05, 4.69) is 10.1 Å². The van der Waals surface area contributed by atoms with Gasteiger partial charge in [-0.25, -0.2) is 4.79 Å². The van der Waals surface area contributed by atoms with Gasteiger partial charge in [0.25, 0.3) is 5.91 Å². The minimum absolute atomic E-state index is 0.205. The van der Waals surface area contributed by atoms with Crippen LogP contribution < -0.4 is 0 Å². The Kier molecular flexibility index (Phi) is 3.24. The first-order valence-corrected chi connectivity index (χ1v) is 4.75. The molecule has 1 radical (unpaired) electrons. The fourth-order valence-electron chi connectivity index (χ4n) is 0.913. The molecule has 0 atom stereocenters. The molecule has 0 saturated carbocycles. The lowest BCUT2D eigenvalue weighted by atomic mass is 10.2. The summed E-state index contributed by atoms with van der Waals surface area (Å²) >= 11 is 1.18. The zero-order chi connectivity index (χ0) is 10.7. The summed E-state index contributed by atoms with van der Waals surface area (Å²) in [5.74, 6) is -0.751. The Morgan fingerprint density at radius 3 is 2.64 bits per heavy atom. The molecule has 4 nitrogen and oxygen atoms in total. The van der Waals surface area contributed by atoms with Crippen LogP contribution in [0.3, 0.4) is 0 Å². The van der Waals surface area contributed by atoms with E-state index in [9.17, 15) is 9.59 Å². The number of ether oxygens (including phenoxy) is 1. The molecule has 0 bridgehead atoms. The van der Waals surface area contributed by atoms with E-state index in [1.807, 2.05) is 0 Å². The number of amides is 1. The predicted molar refractivity (Wildman–Crippen MR) is 52.5 cm³/mol. The maximum absolute atomic E-state index is 11.6. The van der Waals surface area contributed by atoms with Crippen molar-refractivity contribution in [2.75, 3.05) is 21.2 Å². The van der Waals surface area contributed by atoms with E-state index in [0.29, 0.717) is 5.56 Å². The summed E-state index contributed by atoms with van der Waals surface area (Å²) in [7, 11) is 4.53. The third-order valence-corrected chi connectivity index (χ3v) is 2.31. The average molecular weight is 212 g/mol. The molecule has 0 N–H and O–H groups in total. The fourth-order valence-corrected chi connectivity index (χ4v) is 1.62. The molecule has 1 aromatic heterocycles. The summed E-state index contributed by atoms with van der Waals surface area (Å²) in [6.45, 7) is 0. The first kappa shape index (κ1) is 10.7. The molecular formula is C9H10NO3S. The standard InChI is InChI=1S/C9H10NO3S/c1-10(2)8(11)6-4-14-5-7(6)9(12)13-3/h4H,1-3H3. The van der Waals surface area contributed by atoms with Gasteiger partial charge in [0.15, 0.2) is 0 Å². The van der Waals surface area contributed by atoms with Gasteiger partial charge in [-0.1, -0.05) is 0 Å². The van der Waals surface area contributed by atoms with E-state index in [-0.39, 0.29) is 11.5 Å². The van der Waals surface area contributed by atoms with Crippen LogP contribution in [0.25, 0.3) is 0 Å². The van der Waals surface area contributed by atoms with Gasteiger partial charge >= 0.3 is 5.97 Å². The van der Waals surface area contributed by atoms with Gasteiger partial charge in [0.2, 0.25) is 0 Å². The Bertz CT molecular complexity index is 357. The smallest absolute Gasteiger partial charge is 0.340 e. The topological polar surface area (TPSA) is 46.6 Å². The van der Waals surface area contributed by atoms with Crippen molar-refractivity contribution in [3.05, 3.63) is 21.9 Å². The van der Waals surface area contributed by atoms with E-state index in [1.54, 1.807) is 19.5 Å². The first-order chi connectivity index (χ1) is 6.57. The Balaban J connectivity index is 3.04. The maximum atomic E-state index is 11.6. The van der Waals surface area contributed by atoms with Crippen LogP contribution in [0, 0.1) is 5.38 Å². The SMILES string of the molecule is COC(=O)c1[c]scc1C(=O)N(C)C. The van der Waals surface area contributed by atoms with E-state index in [1.165, 1.54) is 23.3 Å². The highest BCUT2D eigenvalue weighted by molar-refractivity contribution is 7.08. The van der Waals surface area contributed by atoms with Crippen LogP contribution in [0.15, 0.2) is 5.38 Å². The zero-order valence-electron chi connectivity index (χ0n) is 8.16. The largest absolute Gasteiger partial charge is 0.465 e. The summed E-state index contributed by atoms with van der Waals surface area (Å²) in [6, 6.07) is 0. The van der Waals surface area contributed by atoms with Gasteiger partial charge in [-0.05, 0) is 0 Å². The fraction of sp³-hybridized carbons (Fsp3) is 0.333. The highest BCUT2D eigenvalue weighted by Crippen LogP contribution is 2.16. The third kappa shape index (κ3) is 1.93. The van der Waals surface area contributed by atoms with Gasteiger partial charge in [-0.15, -0.1) is 11.3 Å². The van der Waals surface area contributed by atoms with Crippen molar-refractivity contribution in [3.8, 4) is 0 Å². The number of carbonyl (C=O) groups is 2. The summed E-state index contributed by atoms with van der Waals surface area (Å²) < 4.78 is 4.53. The molecule has 75 valence electrons. The van der Waals surface area contributed by atoms with Gasteiger partial charge in [0, 0.05) is 19.5 Å². The summed E-state index contributed by atoms with van der Waals surface area (Å²) in [6.07, 6.45) is 0. The normalized spacial score (nSPS) is 9.64. The quantitative estimate of drug-likeness (QED) is 0.688. The number of thiophene rings is 1. The Morgan fingerprint density at radius 2 is 2.14 bits per heavy atom. The lowest BCUT2D eigenvalue weighted by molar-refractivity contribution is 0.0594. The molecule has 0 fully saturated rings. The predicted octanol–water partition coefficient (Wildman–Crippen LogP) is 1.04. The number of hydrogen-bond donors (Lipinski definition) is 0. The molecule has 0 aliphatic rings. The molecule has 0 aliphatic carbocycles. The minimum atomic E-state index is -0.531. The van der Waals surface area contributed by atoms with Crippen molar-refractivity contribution in [2.45, 2.75) is 0 Å². The minimum Gasteiger partial charge on any atom is -0.465 e. The van der Waals surface area contributed by atoms with Crippen molar-refractivity contribution < 1.29 is 14.3 Å². The van der Waals surface area contributed by atoms with Crippen LogP contribution in [-0.2, 0) is 4.74 Å². The molecule has 1 rings (SSSR count). The van der Waals surface area contributed by atoms with Crippen LogP contribution in [0.1, 0.15) is 20.7 Å². The molecular weight excluding hydrogens is 202 g/mol. The van der Waals surface area contributed by atoms with Gasteiger partial charge in [0.05, 0.1) is 23.6 Å². The lowest BCUT2D eigenvalue weighted by Gasteiger charge is -2.09. The number of carbonyl (C=O) groups excluding carboxylic acids is 2. The van der Waals surface area contributed by atoms with Crippen LogP contribution in [0.4, 0.5) is 0 Å². The molecule has 1 heterocycles. The van der Waals surface area contributed by atoms with E-state index in [4.69, 9.17) is 0 Å². The number of methoxy groups -OCH3 is 1. The Labute approximate surface area is 86.1 Å². The summed E-state index contributed by atoms with van der Waals surface area (Å²) in [5, 5.41) is 4.30. The Morgan fingerprint density at radius 1 is 1.50 bits per heavy atom. The highest BCUT2D eigenvalue weighted by atomic mass is 32.1. The number of hydrogen-bond acceptors (Lipinski definition) is 4. The number of esters is 1. The van der Waals surface area contributed by atoms with Crippen LogP contribution in [-0.4, -0.2) is 38.0 Å². The first-order valence-electron chi connectivity index (χ1n) is 3.87. The molecule has 1 amide bonds. The van der Waals surface area contributed by atoms with Crippen LogP contribution in [0.5, 0.6) is 0 Å². The number of nitrogens with zero attached hydrogens (tertiary/aromatic N) is 1. The van der Waals surface area contributed by atoms with E-state index in [0.717, 1.165) is 0 Å². The average Bonchev–Trinajstić information content (AvgIpc) is 2.63. The molecule has 0 aliphatic heterocycles. The van der Waals surface area contributed by atoms with Crippen molar-refractivity contribution in [1.29, 1.82) is 0 Å².